The standard InChI is InChI=1S/C9H19NOS/c1-3-4-5-6-11-8(2)7-9(10)12/h8H,3-7H2,1-2H3,(H2,10,12). The molecule has 1 atom stereocenters. The number of hydrogen-bond donors (Lipinski definition) is 1. The highest BCUT2D eigenvalue weighted by molar-refractivity contribution is 7.80. The third-order valence-electron chi connectivity index (χ3n) is 1.64. The Morgan fingerprint density at radius 2 is 2.17 bits per heavy atom. The molecule has 1 unspecified atom stereocenters. The van der Waals surface area contributed by atoms with Crippen molar-refractivity contribution in [2.24, 2.45) is 5.73 Å². The third kappa shape index (κ3) is 7.95. The first-order valence-electron chi connectivity index (χ1n) is 4.56. The van der Waals surface area contributed by atoms with Crippen molar-refractivity contribution in [3.05, 3.63) is 0 Å². The number of hydrogen-bond acceptors (Lipinski definition) is 2. The van der Waals surface area contributed by atoms with E-state index >= 15 is 0 Å². The van der Waals surface area contributed by atoms with Crippen LogP contribution in [0.2, 0.25) is 0 Å². The van der Waals surface area contributed by atoms with Crippen molar-refractivity contribution >= 4 is 17.2 Å². The normalized spacial score (nSPS) is 12.8. The summed E-state index contributed by atoms with van der Waals surface area (Å²) in [5.74, 6) is 0. The maximum absolute atomic E-state index is 5.49. The van der Waals surface area contributed by atoms with Crippen molar-refractivity contribution < 1.29 is 4.74 Å². The van der Waals surface area contributed by atoms with Gasteiger partial charge in [0.15, 0.2) is 0 Å². The average molecular weight is 189 g/mol. The van der Waals surface area contributed by atoms with Gasteiger partial charge in [0.05, 0.1) is 11.1 Å². The molecule has 0 aromatic carbocycles. The second-order valence-corrected chi connectivity index (χ2v) is 3.58. The van der Waals surface area contributed by atoms with E-state index in [9.17, 15) is 0 Å². The van der Waals surface area contributed by atoms with E-state index in [1.165, 1.54) is 12.8 Å². The minimum absolute atomic E-state index is 0.180. The fourth-order valence-electron chi connectivity index (χ4n) is 0.979. The number of thiocarbonyl (C=S) groups is 1. The van der Waals surface area contributed by atoms with E-state index in [0.29, 0.717) is 11.4 Å². The van der Waals surface area contributed by atoms with Crippen LogP contribution in [0, 0.1) is 0 Å². The Hall–Kier alpha value is -0.150. The van der Waals surface area contributed by atoms with Crippen LogP contribution in [0.5, 0.6) is 0 Å². The van der Waals surface area contributed by atoms with Gasteiger partial charge in [0.25, 0.3) is 0 Å². The second kappa shape index (κ2) is 7.50. The maximum atomic E-state index is 5.49. The smallest absolute Gasteiger partial charge is 0.0753 e. The lowest BCUT2D eigenvalue weighted by Crippen LogP contribution is -2.18. The topological polar surface area (TPSA) is 35.2 Å². The second-order valence-electron chi connectivity index (χ2n) is 3.06. The Bertz CT molecular complexity index is 128. The molecule has 0 aliphatic carbocycles. The summed E-state index contributed by atoms with van der Waals surface area (Å²) in [6, 6.07) is 0. The van der Waals surface area contributed by atoms with Gasteiger partial charge in [-0.3, -0.25) is 0 Å². The van der Waals surface area contributed by atoms with Gasteiger partial charge >= 0.3 is 0 Å². The molecular weight excluding hydrogens is 170 g/mol. The molecule has 0 radical (unpaired) electrons. The van der Waals surface area contributed by atoms with Gasteiger partial charge in [0.1, 0.15) is 0 Å². The maximum Gasteiger partial charge on any atom is 0.0753 e. The summed E-state index contributed by atoms with van der Waals surface area (Å²) < 4.78 is 5.49. The molecule has 0 saturated carbocycles. The van der Waals surface area contributed by atoms with Crippen molar-refractivity contribution in [2.45, 2.75) is 45.6 Å². The molecule has 0 saturated heterocycles. The molecule has 0 amide bonds. The van der Waals surface area contributed by atoms with E-state index in [1.54, 1.807) is 0 Å². The predicted octanol–water partition coefficient (Wildman–Crippen LogP) is 2.26. The lowest BCUT2D eigenvalue weighted by molar-refractivity contribution is 0.0684. The van der Waals surface area contributed by atoms with Crippen LogP contribution in [-0.4, -0.2) is 17.7 Å². The summed E-state index contributed by atoms with van der Waals surface area (Å²) in [4.78, 5) is 0.540. The molecule has 0 spiro atoms. The van der Waals surface area contributed by atoms with E-state index in [-0.39, 0.29) is 6.10 Å². The Morgan fingerprint density at radius 1 is 1.50 bits per heavy atom. The van der Waals surface area contributed by atoms with Crippen LogP contribution in [0.3, 0.4) is 0 Å². The first kappa shape index (κ1) is 11.8. The molecule has 0 heterocycles. The van der Waals surface area contributed by atoms with E-state index in [1.807, 2.05) is 6.92 Å². The van der Waals surface area contributed by atoms with E-state index in [2.05, 4.69) is 6.92 Å². The molecule has 2 N–H and O–H groups in total. The first-order chi connectivity index (χ1) is 5.66. The highest BCUT2D eigenvalue weighted by Crippen LogP contribution is 2.01. The minimum Gasteiger partial charge on any atom is -0.393 e. The molecule has 0 fully saturated rings. The van der Waals surface area contributed by atoms with Gasteiger partial charge in [-0.15, -0.1) is 0 Å². The highest BCUT2D eigenvalue weighted by Gasteiger charge is 2.02. The molecule has 0 aromatic heterocycles. The third-order valence-corrected chi connectivity index (χ3v) is 1.81. The number of unbranched alkanes of at least 4 members (excludes halogenated alkanes) is 2. The minimum atomic E-state index is 0.180. The van der Waals surface area contributed by atoms with E-state index in [4.69, 9.17) is 22.7 Å². The van der Waals surface area contributed by atoms with Crippen LogP contribution in [0.4, 0.5) is 0 Å². The number of ether oxygens (including phenoxy) is 1. The van der Waals surface area contributed by atoms with Gasteiger partial charge in [-0.1, -0.05) is 32.0 Å². The van der Waals surface area contributed by atoms with Crippen LogP contribution >= 0.6 is 12.2 Å². The van der Waals surface area contributed by atoms with Crippen molar-refractivity contribution in [3.8, 4) is 0 Å². The van der Waals surface area contributed by atoms with Crippen LogP contribution in [-0.2, 0) is 4.74 Å². The molecule has 0 aliphatic heterocycles. The van der Waals surface area contributed by atoms with Gasteiger partial charge in [-0.05, 0) is 13.3 Å². The van der Waals surface area contributed by atoms with Gasteiger partial charge in [-0.25, -0.2) is 0 Å². The van der Waals surface area contributed by atoms with Crippen LogP contribution in [0.15, 0.2) is 0 Å². The van der Waals surface area contributed by atoms with Gasteiger partial charge < -0.3 is 10.5 Å². The van der Waals surface area contributed by atoms with E-state index < -0.39 is 0 Å². The lowest BCUT2D eigenvalue weighted by Gasteiger charge is -2.11. The SMILES string of the molecule is CCCCCOC(C)CC(N)=S. The first-order valence-corrected chi connectivity index (χ1v) is 4.97. The Morgan fingerprint density at radius 3 is 2.67 bits per heavy atom. The van der Waals surface area contributed by atoms with E-state index in [0.717, 1.165) is 13.0 Å². The molecule has 2 nitrogen and oxygen atoms in total. The summed E-state index contributed by atoms with van der Waals surface area (Å²) >= 11 is 4.77. The number of nitrogens with two attached hydrogens (primary N) is 1. The quantitative estimate of drug-likeness (QED) is 0.493. The van der Waals surface area contributed by atoms with Gasteiger partial charge in [-0.2, -0.15) is 0 Å². The lowest BCUT2D eigenvalue weighted by atomic mass is 10.2. The summed E-state index contributed by atoms with van der Waals surface area (Å²) in [7, 11) is 0. The summed E-state index contributed by atoms with van der Waals surface area (Å²) in [5.41, 5.74) is 5.38. The predicted molar refractivity (Wildman–Crippen MR) is 56.3 cm³/mol. The molecule has 12 heavy (non-hydrogen) atoms. The Kier molecular flexibility index (Phi) is 7.40. The molecular formula is C9H19NOS. The summed E-state index contributed by atoms with van der Waals surface area (Å²) in [5, 5.41) is 0. The van der Waals surface area contributed by atoms with Crippen LogP contribution < -0.4 is 5.73 Å². The molecule has 0 bridgehead atoms. The number of rotatable bonds is 7. The zero-order chi connectivity index (χ0) is 9.40. The fraction of sp³-hybridized carbons (Fsp3) is 0.889. The average Bonchev–Trinajstić information content (AvgIpc) is 1.97. The van der Waals surface area contributed by atoms with Crippen molar-refractivity contribution in [1.82, 2.24) is 0 Å². The Labute approximate surface area is 80.5 Å². The van der Waals surface area contributed by atoms with Crippen molar-refractivity contribution in [2.75, 3.05) is 6.61 Å². The summed E-state index contributed by atoms with van der Waals surface area (Å²) in [6.07, 6.45) is 4.48. The zero-order valence-corrected chi connectivity index (χ0v) is 8.82. The Balaban J connectivity index is 3.19. The molecule has 72 valence electrons. The van der Waals surface area contributed by atoms with Crippen LogP contribution in [0.1, 0.15) is 39.5 Å². The molecule has 0 rings (SSSR count). The van der Waals surface area contributed by atoms with Crippen molar-refractivity contribution in [1.29, 1.82) is 0 Å². The largest absolute Gasteiger partial charge is 0.393 e. The van der Waals surface area contributed by atoms with Gasteiger partial charge in [0.2, 0.25) is 0 Å². The van der Waals surface area contributed by atoms with Crippen molar-refractivity contribution in [3.63, 3.8) is 0 Å². The zero-order valence-electron chi connectivity index (χ0n) is 8.01. The highest BCUT2D eigenvalue weighted by atomic mass is 32.1. The monoisotopic (exact) mass is 189 g/mol. The molecule has 0 aromatic rings. The summed E-state index contributed by atoms with van der Waals surface area (Å²) in [6.45, 7) is 5.02. The van der Waals surface area contributed by atoms with Crippen LogP contribution in [0.25, 0.3) is 0 Å². The van der Waals surface area contributed by atoms with Gasteiger partial charge in [0, 0.05) is 13.0 Å². The fourth-order valence-corrected chi connectivity index (χ4v) is 1.21. The molecule has 0 aliphatic rings. The molecule has 3 heteroatoms.